The summed E-state index contributed by atoms with van der Waals surface area (Å²) in [5.41, 5.74) is 2.37. The lowest BCUT2D eigenvalue weighted by atomic mass is 9.80. The summed E-state index contributed by atoms with van der Waals surface area (Å²) in [6.45, 7) is 3.83. The maximum Gasteiger partial charge on any atom is 0.123 e. The summed E-state index contributed by atoms with van der Waals surface area (Å²) < 4.78 is 18.6. The maximum atomic E-state index is 13.3. The molecule has 0 radical (unpaired) electrons. The van der Waals surface area contributed by atoms with Crippen molar-refractivity contribution in [1.82, 2.24) is 10.2 Å². The molecule has 0 aromatic heterocycles. The van der Waals surface area contributed by atoms with Crippen LogP contribution >= 0.6 is 0 Å². The number of hydrogen-bond donors (Lipinski definition) is 1. The Hall–Kier alpha value is -1.91. The molecule has 0 saturated carbocycles. The molecule has 2 atom stereocenters. The van der Waals surface area contributed by atoms with Crippen LogP contribution < -0.4 is 10.1 Å². The monoisotopic (exact) mass is 342 g/mol. The van der Waals surface area contributed by atoms with Crippen LogP contribution in [0, 0.1) is 11.7 Å². The third kappa shape index (κ3) is 4.80. The SMILES string of the molecule is COc1ccc(C2CCN(C)CC2CNCc2cccc(F)c2)cc1. The van der Waals surface area contributed by atoms with Crippen molar-refractivity contribution in [1.29, 1.82) is 0 Å². The molecule has 2 aromatic rings. The zero-order valence-electron chi connectivity index (χ0n) is 15.0. The van der Waals surface area contributed by atoms with Crippen LogP contribution in [0.3, 0.4) is 0 Å². The van der Waals surface area contributed by atoms with Crippen molar-refractivity contribution in [3.8, 4) is 5.75 Å². The van der Waals surface area contributed by atoms with Gasteiger partial charge in [-0.2, -0.15) is 0 Å². The molecule has 0 amide bonds. The largest absolute Gasteiger partial charge is 0.497 e. The first-order valence-corrected chi connectivity index (χ1v) is 8.93. The van der Waals surface area contributed by atoms with Gasteiger partial charge in [-0.05, 0) is 67.2 Å². The number of benzene rings is 2. The van der Waals surface area contributed by atoms with E-state index in [9.17, 15) is 4.39 Å². The molecule has 4 heteroatoms. The van der Waals surface area contributed by atoms with Crippen LogP contribution in [0.1, 0.15) is 23.5 Å². The normalized spacial score (nSPS) is 21.2. The fraction of sp³-hybridized carbons (Fsp3) is 0.429. The van der Waals surface area contributed by atoms with E-state index in [1.807, 2.05) is 18.2 Å². The lowest BCUT2D eigenvalue weighted by Gasteiger charge is -2.37. The molecule has 3 rings (SSSR count). The molecule has 134 valence electrons. The van der Waals surface area contributed by atoms with E-state index in [2.05, 4.69) is 29.4 Å². The third-order valence-electron chi connectivity index (χ3n) is 5.11. The summed E-state index contributed by atoms with van der Waals surface area (Å²) in [4.78, 5) is 2.40. The second-order valence-electron chi connectivity index (χ2n) is 6.95. The highest BCUT2D eigenvalue weighted by Crippen LogP contribution is 2.33. The summed E-state index contributed by atoms with van der Waals surface area (Å²) in [5.74, 6) is 1.81. The van der Waals surface area contributed by atoms with E-state index >= 15 is 0 Å². The fourth-order valence-electron chi connectivity index (χ4n) is 3.76. The molecule has 3 nitrogen and oxygen atoms in total. The molecule has 0 aliphatic carbocycles. The number of ether oxygens (including phenoxy) is 1. The van der Waals surface area contributed by atoms with Crippen molar-refractivity contribution < 1.29 is 9.13 Å². The van der Waals surface area contributed by atoms with Gasteiger partial charge in [0.05, 0.1) is 7.11 Å². The zero-order chi connectivity index (χ0) is 17.6. The van der Waals surface area contributed by atoms with Crippen molar-refractivity contribution in [2.24, 2.45) is 5.92 Å². The average Bonchev–Trinajstić information content (AvgIpc) is 2.62. The van der Waals surface area contributed by atoms with Crippen molar-refractivity contribution in [2.45, 2.75) is 18.9 Å². The molecule has 1 saturated heterocycles. The average molecular weight is 342 g/mol. The predicted octanol–water partition coefficient (Wildman–Crippen LogP) is 3.66. The number of likely N-dealkylation sites (tertiary alicyclic amines) is 1. The number of piperidine rings is 1. The van der Waals surface area contributed by atoms with E-state index in [4.69, 9.17) is 4.74 Å². The smallest absolute Gasteiger partial charge is 0.123 e. The Balaban J connectivity index is 1.63. The van der Waals surface area contributed by atoms with E-state index < -0.39 is 0 Å². The minimum absolute atomic E-state index is 0.173. The second-order valence-corrected chi connectivity index (χ2v) is 6.95. The molecule has 1 fully saturated rings. The number of halogens is 1. The van der Waals surface area contributed by atoms with Crippen LogP contribution in [0.5, 0.6) is 5.75 Å². The molecule has 0 spiro atoms. The van der Waals surface area contributed by atoms with Gasteiger partial charge >= 0.3 is 0 Å². The Morgan fingerprint density at radius 2 is 2.00 bits per heavy atom. The molecule has 1 heterocycles. The van der Waals surface area contributed by atoms with E-state index in [1.54, 1.807) is 19.2 Å². The van der Waals surface area contributed by atoms with Gasteiger partial charge in [-0.1, -0.05) is 24.3 Å². The van der Waals surface area contributed by atoms with E-state index in [0.29, 0.717) is 18.4 Å². The van der Waals surface area contributed by atoms with Crippen molar-refractivity contribution in [3.05, 3.63) is 65.5 Å². The predicted molar refractivity (Wildman–Crippen MR) is 99.4 cm³/mol. The number of nitrogens with zero attached hydrogens (tertiary/aromatic N) is 1. The van der Waals surface area contributed by atoms with Crippen molar-refractivity contribution in [2.75, 3.05) is 33.8 Å². The van der Waals surface area contributed by atoms with Crippen LogP contribution in [0.15, 0.2) is 48.5 Å². The molecule has 1 N–H and O–H groups in total. The van der Waals surface area contributed by atoms with Crippen LogP contribution in [0.4, 0.5) is 4.39 Å². The van der Waals surface area contributed by atoms with Crippen molar-refractivity contribution >= 4 is 0 Å². The van der Waals surface area contributed by atoms with Gasteiger partial charge in [0.2, 0.25) is 0 Å². The first-order chi connectivity index (χ1) is 12.2. The van der Waals surface area contributed by atoms with E-state index in [-0.39, 0.29) is 5.82 Å². The molecular formula is C21H27FN2O. The highest BCUT2D eigenvalue weighted by molar-refractivity contribution is 5.30. The van der Waals surface area contributed by atoms with Gasteiger partial charge in [0.25, 0.3) is 0 Å². The Bertz CT molecular complexity index is 674. The first kappa shape index (κ1) is 17.9. The van der Waals surface area contributed by atoms with Gasteiger partial charge in [0.1, 0.15) is 11.6 Å². The van der Waals surface area contributed by atoms with Gasteiger partial charge < -0.3 is 15.0 Å². The Morgan fingerprint density at radius 3 is 2.72 bits per heavy atom. The van der Waals surface area contributed by atoms with Gasteiger partial charge in [-0.15, -0.1) is 0 Å². The topological polar surface area (TPSA) is 24.5 Å². The van der Waals surface area contributed by atoms with Crippen LogP contribution in [-0.4, -0.2) is 38.7 Å². The molecule has 25 heavy (non-hydrogen) atoms. The quantitative estimate of drug-likeness (QED) is 0.867. The van der Waals surface area contributed by atoms with Gasteiger partial charge in [-0.3, -0.25) is 0 Å². The van der Waals surface area contributed by atoms with Crippen LogP contribution in [-0.2, 0) is 6.54 Å². The standard InChI is InChI=1S/C21H27FN2O/c1-24-11-10-21(17-6-8-20(25-2)9-7-17)18(15-24)14-23-13-16-4-3-5-19(22)12-16/h3-9,12,18,21,23H,10-11,13-15H2,1-2H3. The molecule has 0 bridgehead atoms. The molecule has 1 aliphatic rings. The maximum absolute atomic E-state index is 13.3. The Kier molecular flexibility index (Phi) is 6.05. The van der Waals surface area contributed by atoms with Gasteiger partial charge in [0.15, 0.2) is 0 Å². The Labute approximate surface area is 149 Å². The summed E-state index contributed by atoms with van der Waals surface area (Å²) in [6, 6.07) is 15.3. The van der Waals surface area contributed by atoms with Gasteiger partial charge in [0, 0.05) is 19.6 Å². The molecular weight excluding hydrogens is 315 g/mol. The summed E-state index contributed by atoms with van der Waals surface area (Å²) in [6.07, 6.45) is 1.16. The van der Waals surface area contributed by atoms with Crippen LogP contribution in [0.25, 0.3) is 0 Å². The molecule has 2 aromatic carbocycles. The summed E-state index contributed by atoms with van der Waals surface area (Å²) >= 11 is 0. The van der Waals surface area contributed by atoms with Gasteiger partial charge in [-0.25, -0.2) is 4.39 Å². The zero-order valence-corrected chi connectivity index (χ0v) is 15.0. The molecule has 1 aliphatic heterocycles. The lowest BCUT2D eigenvalue weighted by molar-refractivity contribution is 0.180. The third-order valence-corrected chi connectivity index (χ3v) is 5.11. The lowest BCUT2D eigenvalue weighted by Crippen LogP contribution is -2.41. The van der Waals surface area contributed by atoms with E-state index in [1.165, 1.54) is 11.6 Å². The first-order valence-electron chi connectivity index (χ1n) is 8.93. The number of methoxy groups -OCH3 is 1. The highest BCUT2D eigenvalue weighted by atomic mass is 19.1. The number of rotatable bonds is 6. The fourth-order valence-corrected chi connectivity index (χ4v) is 3.76. The highest BCUT2D eigenvalue weighted by Gasteiger charge is 2.28. The van der Waals surface area contributed by atoms with E-state index in [0.717, 1.165) is 37.4 Å². The molecule has 2 unspecified atom stereocenters. The minimum Gasteiger partial charge on any atom is -0.497 e. The minimum atomic E-state index is -0.173. The van der Waals surface area contributed by atoms with Crippen LogP contribution in [0.2, 0.25) is 0 Å². The summed E-state index contributed by atoms with van der Waals surface area (Å²) in [7, 11) is 3.88. The number of nitrogens with one attached hydrogen (secondary N) is 1. The summed E-state index contributed by atoms with van der Waals surface area (Å²) in [5, 5.41) is 3.52. The number of hydrogen-bond acceptors (Lipinski definition) is 3. The Morgan fingerprint density at radius 1 is 1.20 bits per heavy atom. The van der Waals surface area contributed by atoms with Crippen molar-refractivity contribution in [3.63, 3.8) is 0 Å². The second kappa shape index (κ2) is 8.45.